The van der Waals surface area contributed by atoms with Crippen LogP contribution in [0.3, 0.4) is 0 Å². The van der Waals surface area contributed by atoms with Crippen molar-refractivity contribution in [3.63, 3.8) is 0 Å². The lowest BCUT2D eigenvalue weighted by Crippen LogP contribution is -2.34. The fourth-order valence-electron chi connectivity index (χ4n) is 6.61. The first-order chi connectivity index (χ1) is 25.4. The monoisotopic (exact) mass is 707 g/mol. The Morgan fingerprint density at radius 2 is 1.73 bits per heavy atom. The molecule has 0 spiro atoms. The molecule has 0 unspecified atom stereocenters. The van der Waals surface area contributed by atoms with Gasteiger partial charge in [-0.2, -0.15) is 0 Å². The topological polar surface area (TPSA) is 106 Å². The lowest BCUT2D eigenvalue weighted by atomic mass is 9.89. The number of carbonyl (C=O) groups excluding carboxylic acids is 1. The molecule has 1 fully saturated rings. The summed E-state index contributed by atoms with van der Waals surface area (Å²) >= 11 is 0. The Morgan fingerprint density at radius 1 is 0.904 bits per heavy atom. The number of pyridine rings is 1. The van der Waals surface area contributed by atoms with Gasteiger partial charge < -0.3 is 25.0 Å². The van der Waals surface area contributed by atoms with Gasteiger partial charge in [0.15, 0.2) is 11.6 Å². The minimum Gasteiger partial charge on any atom is -0.496 e. The first kappa shape index (κ1) is 34.5. The second-order valence-electron chi connectivity index (χ2n) is 12.4. The Labute approximate surface area is 298 Å². The largest absolute Gasteiger partial charge is 0.496 e. The molecule has 0 bridgehead atoms. The third kappa shape index (κ3) is 6.99. The van der Waals surface area contributed by atoms with Gasteiger partial charge in [-0.3, -0.25) is 9.20 Å². The molecule has 266 valence electrons. The molecule has 52 heavy (non-hydrogen) atoms. The second-order valence-corrected chi connectivity index (χ2v) is 12.4. The van der Waals surface area contributed by atoms with E-state index in [1.165, 1.54) is 24.8 Å². The van der Waals surface area contributed by atoms with Crippen LogP contribution in [0.25, 0.3) is 28.3 Å². The number of benzene rings is 3. The zero-order chi connectivity index (χ0) is 36.2. The molecule has 7 rings (SSSR count). The zero-order valence-corrected chi connectivity index (χ0v) is 28.6. The number of anilines is 3. The SMILES string of the molecule is COc1cc(C2CCN(CCF)CC2)ccc1Nc1nccc(-c2c(-c3ccc(OC)c(C(=O)Nc4cccc(F)c4F)c3)nc3ccccn23)n1. The number of hydrogen-bond donors (Lipinski definition) is 2. The number of nitrogens with zero attached hydrogens (tertiary/aromatic N) is 5. The summed E-state index contributed by atoms with van der Waals surface area (Å²) in [5.74, 6) is -1.36. The van der Waals surface area contributed by atoms with Crippen molar-refractivity contribution in [3.8, 4) is 34.1 Å². The summed E-state index contributed by atoms with van der Waals surface area (Å²) < 4.78 is 54.3. The normalized spacial score (nSPS) is 13.6. The number of alkyl halides is 1. The molecule has 0 radical (unpaired) electrons. The molecule has 0 atom stereocenters. The molecular formula is C39H36F3N7O3. The maximum atomic E-state index is 14.4. The van der Waals surface area contributed by atoms with E-state index in [4.69, 9.17) is 19.4 Å². The van der Waals surface area contributed by atoms with Crippen molar-refractivity contribution in [1.82, 2.24) is 24.3 Å². The van der Waals surface area contributed by atoms with Crippen LogP contribution in [0.4, 0.5) is 30.5 Å². The molecule has 6 aromatic rings. The Kier molecular flexibility index (Phi) is 10.0. The van der Waals surface area contributed by atoms with Crippen LogP contribution in [0.1, 0.15) is 34.7 Å². The number of hydrogen-bond acceptors (Lipinski definition) is 8. The fourth-order valence-corrected chi connectivity index (χ4v) is 6.61. The van der Waals surface area contributed by atoms with Gasteiger partial charge in [-0.25, -0.2) is 28.1 Å². The van der Waals surface area contributed by atoms with E-state index in [0.717, 1.165) is 32.0 Å². The van der Waals surface area contributed by atoms with Crippen LogP contribution in [0.5, 0.6) is 11.5 Å². The van der Waals surface area contributed by atoms with Gasteiger partial charge in [-0.1, -0.05) is 18.2 Å². The maximum absolute atomic E-state index is 14.4. The summed E-state index contributed by atoms with van der Waals surface area (Å²) in [6.07, 6.45) is 5.41. The first-order valence-corrected chi connectivity index (χ1v) is 16.8. The highest BCUT2D eigenvalue weighted by Crippen LogP contribution is 2.37. The van der Waals surface area contributed by atoms with E-state index in [1.54, 1.807) is 37.6 Å². The summed E-state index contributed by atoms with van der Waals surface area (Å²) in [6, 6.07) is 22.0. The van der Waals surface area contributed by atoms with Crippen LogP contribution >= 0.6 is 0 Å². The van der Waals surface area contributed by atoms with Gasteiger partial charge in [-0.05, 0) is 98.1 Å². The maximum Gasteiger partial charge on any atom is 0.259 e. The van der Waals surface area contributed by atoms with E-state index in [-0.39, 0.29) is 23.7 Å². The van der Waals surface area contributed by atoms with Crippen LogP contribution in [-0.2, 0) is 0 Å². The highest BCUT2D eigenvalue weighted by molar-refractivity contribution is 6.07. The number of aromatic nitrogens is 4. The summed E-state index contributed by atoms with van der Waals surface area (Å²) in [5.41, 5.74) is 4.55. The number of amides is 1. The average Bonchev–Trinajstić information content (AvgIpc) is 3.57. The van der Waals surface area contributed by atoms with E-state index in [0.29, 0.717) is 58.1 Å². The number of rotatable bonds is 11. The fraction of sp³-hybridized carbons (Fsp3) is 0.231. The Morgan fingerprint density at radius 3 is 2.52 bits per heavy atom. The molecule has 3 aromatic heterocycles. The van der Waals surface area contributed by atoms with Crippen molar-refractivity contribution in [3.05, 3.63) is 114 Å². The number of nitrogens with one attached hydrogen (secondary N) is 2. The quantitative estimate of drug-likeness (QED) is 0.140. The van der Waals surface area contributed by atoms with Gasteiger partial charge in [0.05, 0.1) is 48.2 Å². The predicted octanol–water partition coefficient (Wildman–Crippen LogP) is 7.90. The lowest BCUT2D eigenvalue weighted by molar-refractivity contribution is 0.102. The van der Waals surface area contributed by atoms with E-state index in [9.17, 15) is 18.0 Å². The summed E-state index contributed by atoms with van der Waals surface area (Å²) in [7, 11) is 3.04. The van der Waals surface area contributed by atoms with Crippen LogP contribution in [-0.4, -0.2) is 70.7 Å². The van der Waals surface area contributed by atoms with E-state index >= 15 is 0 Å². The van der Waals surface area contributed by atoms with Crippen molar-refractivity contribution in [2.45, 2.75) is 18.8 Å². The number of carbonyl (C=O) groups is 1. The average molecular weight is 708 g/mol. The van der Waals surface area contributed by atoms with E-state index < -0.39 is 17.5 Å². The van der Waals surface area contributed by atoms with E-state index in [1.807, 2.05) is 40.9 Å². The number of methoxy groups -OCH3 is 2. The molecule has 2 N–H and O–H groups in total. The smallest absolute Gasteiger partial charge is 0.259 e. The van der Waals surface area contributed by atoms with Gasteiger partial charge >= 0.3 is 0 Å². The number of likely N-dealkylation sites (tertiary alicyclic amines) is 1. The molecule has 4 heterocycles. The third-order valence-electron chi connectivity index (χ3n) is 9.28. The van der Waals surface area contributed by atoms with Crippen molar-refractivity contribution in [2.75, 3.05) is 51.2 Å². The highest BCUT2D eigenvalue weighted by atomic mass is 19.2. The lowest BCUT2D eigenvalue weighted by Gasteiger charge is -2.31. The Bertz CT molecular complexity index is 2240. The number of halogens is 3. The van der Waals surface area contributed by atoms with Gasteiger partial charge in [0.25, 0.3) is 5.91 Å². The van der Waals surface area contributed by atoms with E-state index in [2.05, 4.69) is 26.6 Å². The number of piperidine rings is 1. The predicted molar refractivity (Wildman–Crippen MR) is 193 cm³/mol. The Balaban J connectivity index is 1.21. The molecule has 1 aliphatic rings. The van der Waals surface area contributed by atoms with Gasteiger partial charge in [0, 0.05) is 24.5 Å². The Hall–Kier alpha value is -5.95. The van der Waals surface area contributed by atoms with Crippen molar-refractivity contribution in [2.24, 2.45) is 0 Å². The molecule has 1 amide bonds. The molecular weight excluding hydrogens is 671 g/mol. The minimum absolute atomic E-state index is 0.0950. The van der Waals surface area contributed by atoms with Crippen LogP contribution in [0, 0.1) is 11.6 Å². The zero-order valence-electron chi connectivity index (χ0n) is 28.6. The molecule has 0 aliphatic carbocycles. The molecule has 1 saturated heterocycles. The molecule has 3 aromatic carbocycles. The molecule has 10 nitrogen and oxygen atoms in total. The van der Waals surface area contributed by atoms with Gasteiger partial charge in [-0.15, -0.1) is 0 Å². The standard InChI is InChI=1S/C39H36F3N7O3/c1-51-32-12-10-26(22-27(32)38(50)44-30-7-5-6-28(41)35(30)42)36-37(49-18-4-3-8-34(49)47-36)31-13-17-43-39(46-31)45-29-11-9-25(23-33(29)52-2)24-14-19-48(20-15-24)21-16-40/h3-13,17-18,22-24H,14-16,19-21H2,1-2H3,(H,44,50)(H,43,45,46). The number of ether oxygens (including phenoxy) is 2. The number of fused-ring (bicyclic) bond motifs is 1. The molecule has 0 saturated carbocycles. The van der Waals surface area contributed by atoms with Crippen molar-refractivity contribution in [1.29, 1.82) is 0 Å². The second kappa shape index (κ2) is 15.1. The highest BCUT2D eigenvalue weighted by Gasteiger charge is 2.24. The van der Waals surface area contributed by atoms with Crippen molar-refractivity contribution >= 4 is 28.9 Å². The van der Waals surface area contributed by atoms with Gasteiger partial charge in [0.1, 0.15) is 23.8 Å². The molecule has 13 heteroatoms. The third-order valence-corrected chi connectivity index (χ3v) is 9.28. The minimum atomic E-state index is -1.16. The van der Waals surface area contributed by atoms with Crippen LogP contribution in [0.15, 0.2) is 91.3 Å². The summed E-state index contributed by atoms with van der Waals surface area (Å²) in [4.78, 5) is 29.8. The first-order valence-electron chi connectivity index (χ1n) is 16.8. The number of imidazole rings is 1. The summed E-state index contributed by atoms with van der Waals surface area (Å²) in [6.45, 7) is 1.88. The van der Waals surface area contributed by atoms with Crippen LogP contribution in [0.2, 0.25) is 0 Å². The van der Waals surface area contributed by atoms with Gasteiger partial charge in [0.2, 0.25) is 5.95 Å². The molecule has 1 aliphatic heterocycles. The summed E-state index contributed by atoms with van der Waals surface area (Å²) in [5, 5.41) is 5.75. The van der Waals surface area contributed by atoms with Crippen molar-refractivity contribution < 1.29 is 27.4 Å². The van der Waals surface area contributed by atoms with Crippen LogP contribution < -0.4 is 20.1 Å².